The summed E-state index contributed by atoms with van der Waals surface area (Å²) in [5, 5.41) is 2.07. The summed E-state index contributed by atoms with van der Waals surface area (Å²) < 4.78 is 0. The first-order chi connectivity index (χ1) is 4.43. The fourth-order valence-electron chi connectivity index (χ4n) is 0.397. The smallest absolute Gasteiger partial charge is 0.0344 e. The molecule has 1 aliphatic rings. The first-order valence-corrected chi connectivity index (χ1v) is 4.17. The molecule has 0 aromatic carbocycles. The lowest BCUT2D eigenvalue weighted by molar-refractivity contribution is 0.790. The van der Waals surface area contributed by atoms with Gasteiger partial charge in [-0.15, -0.1) is 0 Å². The summed E-state index contributed by atoms with van der Waals surface area (Å²) in [6.07, 6.45) is 1.08. The number of allylic oxidation sites excluding steroid dienone is 1. The van der Waals surface area contributed by atoms with Crippen molar-refractivity contribution in [2.75, 3.05) is 0 Å². The molecular formula is C6H14N2S. The molecule has 0 unspecified atom stereocenters. The van der Waals surface area contributed by atoms with E-state index in [1.54, 1.807) is 11.9 Å². The molecule has 2 nitrogen and oxygen atoms in total. The van der Waals surface area contributed by atoms with E-state index >= 15 is 0 Å². The second kappa shape index (κ2) is 5.98. The average Bonchev–Trinajstić information content (AvgIpc) is 2.43. The molecule has 0 atom stereocenters. The summed E-state index contributed by atoms with van der Waals surface area (Å²) in [7, 11) is 0. The van der Waals surface area contributed by atoms with E-state index in [1.165, 1.54) is 5.70 Å². The normalized spacial score (nSPS) is 15.2. The summed E-state index contributed by atoms with van der Waals surface area (Å²) in [6.45, 7) is 6.12. The number of rotatable bonds is 1. The van der Waals surface area contributed by atoms with Gasteiger partial charge in [0.2, 0.25) is 0 Å². The third-order valence-corrected chi connectivity index (χ3v) is 1.47. The number of hydrazine groups is 1. The van der Waals surface area contributed by atoms with Crippen LogP contribution >= 0.6 is 11.9 Å². The molecule has 3 heteroatoms. The second-order valence-corrected chi connectivity index (χ2v) is 2.02. The lowest BCUT2D eigenvalue weighted by atomic mass is 10.4. The van der Waals surface area contributed by atoms with Gasteiger partial charge in [0, 0.05) is 11.1 Å². The van der Waals surface area contributed by atoms with Gasteiger partial charge in [-0.05, 0) is 18.4 Å². The van der Waals surface area contributed by atoms with Crippen LogP contribution in [0.4, 0.5) is 0 Å². The Hall–Kier alpha value is -0.150. The van der Waals surface area contributed by atoms with Gasteiger partial charge in [-0.1, -0.05) is 20.8 Å². The summed E-state index contributed by atoms with van der Waals surface area (Å²) in [6, 6.07) is 0. The highest BCUT2D eigenvalue weighted by Gasteiger charge is 1.96. The van der Waals surface area contributed by atoms with Gasteiger partial charge in [0.05, 0.1) is 0 Å². The average molecular weight is 146 g/mol. The fourth-order valence-corrected chi connectivity index (χ4v) is 1.01. The van der Waals surface area contributed by atoms with Gasteiger partial charge in [-0.25, -0.2) is 0 Å². The Morgan fingerprint density at radius 1 is 1.56 bits per heavy atom. The van der Waals surface area contributed by atoms with Crippen LogP contribution in [0.5, 0.6) is 0 Å². The molecular weight excluding hydrogens is 132 g/mol. The van der Waals surface area contributed by atoms with Crippen molar-refractivity contribution < 1.29 is 0 Å². The summed E-state index contributed by atoms with van der Waals surface area (Å²) in [4.78, 5) is 2.90. The lowest BCUT2D eigenvalue weighted by Gasteiger charge is -1.94. The van der Waals surface area contributed by atoms with Crippen molar-refractivity contribution in [3.8, 4) is 0 Å². The molecule has 54 valence electrons. The van der Waals surface area contributed by atoms with E-state index in [0.29, 0.717) is 0 Å². The molecule has 1 rings (SSSR count). The highest BCUT2D eigenvalue weighted by Crippen LogP contribution is 2.08. The van der Waals surface area contributed by atoms with Crippen molar-refractivity contribution in [1.29, 1.82) is 0 Å². The van der Waals surface area contributed by atoms with Gasteiger partial charge in [0.1, 0.15) is 0 Å². The van der Waals surface area contributed by atoms with Crippen molar-refractivity contribution in [3.05, 3.63) is 11.1 Å². The SMILES string of the molecule is CC.CCC1=CSNN1. The minimum absolute atomic E-state index is 1.08. The van der Waals surface area contributed by atoms with Crippen LogP contribution in [-0.4, -0.2) is 0 Å². The van der Waals surface area contributed by atoms with Crippen molar-refractivity contribution >= 4 is 11.9 Å². The van der Waals surface area contributed by atoms with Crippen LogP contribution in [-0.2, 0) is 0 Å². The monoisotopic (exact) mass is 146 g/mol. The maximum absolute atomic E-state index is 2.98. The van der Waals surface area contributed by atoms with Crippen LogP contribution in [0.15, 0.2) is 11.1 Å². The van der Waals surface area contributed by atoms with E-state index in [2.05, 4.69) is 22.6 Å². The Kier molecular flexibility index (Phi) is 5.88. The first-order valence-electron chi connectivity index (χ1n) is 3.29. The molecule has 0 radical (unpaired) electrons. The summed E-state index contributed by atoms with van der Waals surface area (Å²) in [5.74, 6) is 0. The highest BCUT2D eigenvalue weighted by atomic mass is 32.2. The molecule has 0 bridgehead atoms. The van der Waals surface area contributed by atoms with Crippen LogP contribution < -0.4 is 10.3 Å². The fraction of sp³-hybridized carbons (Fsp3) is 0.667. The van der Waals surface area contributed by atoms with Gasteiger partial charge < -0.3 is 5.43 Å². The molecule has 0 aliphatic carbocycles. The third kappa shape index (κ3) is 3.43. The number of nitrogens with one attached hydrogen (secondary N) is 2. The van der Waals surface area contributed by atoms with Crippen LogP contribution in [0.3, 0.4) is 0 Å². The number of hydrogen-bond acceptors (Lipinski definition) is 3. The van der Waals surface area contributed by atoms with Gasteiger partial charge in [-0.2, -0.15) is 4.83 Å². The van der Waals surface area contributed by atoms with Crippen LogP contribution in [0.2, 0.25) is 0 Å². The Balaban J connectivity index is 0.000000291. The third-order valence-electron chi connectivity index (χ3n) is 0.853. The Morgan fingerprint density at radius 2 is 2.22 bits per heavy atom. The predicted octanol–water partition coefficient (Wildman–Crippen LogP) is 2.02. The standard InChI is InChI=1S/C4H8N2S.C2H6/c1-2-4-3-7-6-5-4;1-2/h3,5-6H,2H2,1H3;1-2H3. The lowest BCUT2D eigenvalue weighted by Crippen LogP contribution is -2.17. The molecule has 0 saturated heterocycles. The topological polar surface area (TPSA) is 24.1 Å². The van der Waals surface area contributed by atoms with Crippen molar-refractivity contribution in [1.82, 2.24) is 10.3 Å². The molecule has 1 heterocycles. The minimum atomic E-state index is 1.08. The van der Waals surface area contributed by atoms with E-state index in [1.807, 2.05) is 13.8 Å². The molecule has 0 aromatic rings. The van der Waals surface area contributed by atoms with E-state index < -0.39 is 0 Å². The Bertz CT molecular complexity index is 91.1. The molecule has 2 N–H and O–H groups in total. The van der Waals surface area contributed by atoms with Crippen LogP contribution in [0.25, 0.3) is 0 Å². The molecule has 9 heavy (non-hydrogen) atoms. The molecule has 0 saturated carbocycles. The van der Waals surface area contributed by atoms with Gasteiger partial charge >= 0.3 is 0 Å². The van der Waals surface area contributed by atoms with Gasteiger partial charge in [0.25, 0.3) is 0 Å². The van der Waals surface area contributed by atoms with Crippen LogP contribution in [0.1, 0.15) is 27.2 Å². The van der Waals surface area contributed by atoms with Gasteiger partial charge in [0.15, 0.2) is 0 Å². The Morgan fingerprint density at radius 3 is 2.44 bits per heavy atom. The molecule has 0 amide bonds. The molecule has 0 aromatic heterocycles. The zero-order chi connectivity index (χ0) is 7.11. The molecule has 0 spiro atoms. The second-order valence-electron chi connectivity index (χ2n) is 1.34. The highest BCUT2D eigenvalue weighted by molar-refractivity contribution is 8.00. The zero-order valence-corrected chi connectivity index (χ0v) is 7.01. The van der Waals surface area contributed by atoms with Crippen molar-refractivity contribution in [3.63, 3.8) is 0 Å². The summed E-state index contributed by atoms with van der Waals surface area (Å²) >= 11 is 1.58. The van der Waals surface area contributed by atoms with E-state index in [-0.39, 0.29) is 0 Å². The van der Waals surface area contributed by atoms with Crippen molar-refractivity contribution in [2.45, 2.75) is 27.2 Å². The maximum Gasteiger partial charge on any atom is 0.0344 e. The van der Waals surface area contributed by atoms with E-state index in [0.717, 1.165) is 6.42 Å². The number of hydrogen-bond donors (Lipinski definition) is 2. The minimum Gasteiger partial charge on any atom is -0.315 e. The maximum atomic E-state index is 2.98. The zero-order valence-electron chi connectivity index (χ0n) is 6.19. The van der Waals surface area contributed by atoms with Crippen molar-refractivity contribution in [2.24, 2.45) is 0 Å². The molecule has 1 aliphatic heterocycles. The van der Waals surface area contributed by atoms with E-state index in [9.17, 15) is 0 Å². The Labute approximate surface area is 61.2 Å². The van der Waals surface area contributed by atoms with E-state index in [4.69, 9.17) is 0 Å². The van der Waals surface area contributed by atoms with Gasteiger partial charge in [-0.3, -0.25) is 0 Å². The largest absolute Gasteiger partial charge is 0.315 e. The summed E-state index contributed by atoms with van der Waals surface area (Å²) in [5.41, 5.74) is 4.25. The molecule has 0 fully saturated rings. The predicted molar refractivity (Wildman–Crippen MR) is 43.6 cm³/mol. The first kappa shape index (κ1) is 8.85. The van der Waals surface area contributed by atoms with Crippen LogP contribution in [0, 0.1) is 0 Å². The quantitative estimate of drug-likeness (QED) is 0.553.